The molecule has 0 aliphatic heterocycles. The summed E-state index contributed by atoms with van der Waals surface area (Å²) in [6, 6.07) is 24.3. The van der Waals surface area contributed by atoms with Gasteiger partial charge in [-0.1, -0.05) is 36.4 Å². The first-order valence-electron chi connectivity index (χ1n) is 9.43. The molecule has 126 valence electrons. The number of para-hydroxylation sites is 2. The van der Waals surface area contributed by atoms with E-state index in [1.807, 2.05) is 11.3 Å². The van der Waals surface area contributed by atoms with Gasteiger partial charge in [-0.25, -0.2) is 0 Å². The molecule has 0 radical (unpaired) electrons. The lowest BCUT2D eigenvalue weighted by atomic mass is 9.94. The zero-order valence-electron chi connectivity index (χ0n) is 14.5. The second kappa shape index (κ2) is 5.46. The van der Waals surface area contributed by atoms with Gasteiger partial charge < -0.3 is 4.57 Å². The summed E-state index contributed by atoms with van der Waals surface area (Å²) >= 11 is 2.02. The van der Waals surface area contributed by atoms with Crippen LogP contribution in [0.3, 0.4) is 0 Å². The van der Waals surface area contributed by atoms with Gasteiger partial charge in [-0.15, -0.1) is 11.3 Å². The van der Waals surface area contributed by atoms with Crippen molar-refractivity contribution in [2.75, 3.05) is 0 Å². The van der Waals surface area contributed by atoms with E-state index in [9.17, 15) is 0 Å². The molecule has 6 rings (SSSR count). The first-order valence-corrected chi connectivity index (χ1v) is 10.3. The van der Waals surface area contributed by atoms with Crippen LogP contribution in [0.25, 0.3) is 37.6 Å². The summed E-state index contributed by atoms with van der Waals surface area (Å²) in [7, 11) is 0. The first kappa shape index (κ1) is 14.6. The third-order valence-electron chi connectivity index (χ3n) is 5.77. The molecule has 5 aromatic rings. The molecular weight excluding hydrogens is 334 g/mol. The van der Waals surface area contributed by atoms with Crippen molar-refractivity contribution >= 4 is 43.2 Å². The molecule has 3 aromatic carbocycles. The van der Waals surface area contributed by atoms with E-state index in [2.05, 4.69) is 71.3 Å². The summed E-state index contributed by atoms with van der Waals surface area (Å²) in [6.45, 7) is 0. The van der Waals surface area contributed by atoms with E-state index in [0.717, 1.165) is 0 Å². The maximum absolute atomic E-state index is 2.43. The second-order valence-electron chi connectivity index (χ2n) is 7.23. The Morgan fingerprint density at radius 3 is 2.42 bits per heavy atom. The van der Waals surface area contributed by atoms with Crippen molar-refractivity contribution in [3.05, 3.63) is 77.2 Å². The molecule has 0 spiro atoms. The predicted octanol–water partition coefficient (Wildman–Crippen LogP) is 6.88. The van der Waals surface area contributed by atoms with Crippen LogP contribution < -0.4 is 0 Å². The number of aryl methyl sites for hydroxylation is 2. The second-order valence-corrected chi connectivity index (χ2v) is 8.37. The van der Waals surface area contributed by atoms with Crippen molar-refractivity contribution in [1.82, 2.24) is 4.57 Å². The minimum atomic E-state index is 1.24. The Balaban J connectivity index is 1.85. The van der Waals surface area contributed by atoms with E-state index < -0.39 is 0 Å². The normalized spacial score (nSPS) is 14.3. The van der Waals surface area contributed by atoms with E-state index in [-0.39, 0.29) is 0 Å². The topological polar surface area (TPSA) is 4.93 Å². The zero-order chi connectivity index (χ0) is 17.1. The maximum atomic E-state index is 2.43. The Hall–Kier alpha value is -2.58. The average Bonchev–Trinajstić information content (AvgIpc) is 3.24. The third-order valence-corrected chi connectivity index (χ3v) is 7.02. The highest BCUT2D eigenvalue weighted by atomic mass is 32.1. The molecule has 0 N–H and O–H groups in total. The number of hydrogen-bond acceptors (Lipinski definition) is 1. The van der Waals surface area contributed by atoms with Crippen molar-refractivity contribution in [2.24, 2.45) is 0 Å². The molecule has 2 heteroatoms. The fraction of sp³-hybridized carbons (Fsp3) is 0.167. The van der Waals surface area contributed by atoms with E-state index in [0.29, 0.717) is 0 Å². The van der Waals surface area contributed by atoms with Crippen LogP contribution in [0, 0.1) is 0 Å². The highest BCUT2D eigenvalue weighted by Gasteiger charge is 2.21. The fourth-order valence-corrected chi connectivity index (χ4v) is 5.97. The monoisotopic (exact) mass is 353 g/mol. The highest BCUT2D eigenvalue weighted by molar-refractivity contribution is 7.19. The molecule has 0 fully saturated rings. The van der Waals surface area contributed by atoms with Crippen LogP contribution in [0.5, 0.6) is 0 Å². The number of hydrogen-bond donors (Lipinski definition) is 0. The maximum Gasteiger partial charge on any atom is 0.0548 e. The molecule has 1 nitrogen and oxygen atoms in total. The quantitative estimate of drug-likeness (QED) is 0.310. The molecule has 1 aliphatic rings. The van der Waals surface area contributed by atoms with E-state index >= 15 is 0 Å². The Morgan fingerprint density at radius 2 is 1.50 bits per heavy atom. The largest absolute Gasteiger partial charge is 0.309 e. The first-order chi connectivity index (χ1) is 12.9. The van der Waals surface area contributed by atoms with Crippen LogP contribution in [0.1, 0.15) is 23.3 Å². The summed E-state index contributed by atoms with van der Waals surface area (Å²) in [5, 5.41) is 4.34. The minimum absolute atomic E-state index is 1.24. The average molecular weight is 353 g/mol. The number of fused-ring (bicyclic) bond motifs is 7. The van der Waals surface area contributed by atoms with Gasteiger partial charge in [0.2, 0.25) is 0 Å². The van der Waals surface area contributed by atoms with Crippen LogP contribution in [0.4, 0.5) is 0 Å². The Labute approximate surface area is 156 Å². The molecule has 26 heavy (non-hydrogen) atoms. The Morgan fingerprint density at radius 1 is 0.692 bits per heavy atom. The number of rotatable bonds is 1. The molecule has 2 heterocycles. The van der Waals surface area contributed by atoms with Crippen molar-refractivity contribution in [3.63, 3.8) is 0 Å². The summed E-state index contributed by atoms with van der Waals surface area (Å²) in [5.41, 5.74) is 5.49. The molecule has 0 saturated heterocycles. The lowest BCUT2D eigenvalue weighted by molar-refractivity contribution is 0.700. The predicted molar refractivity (Wildman–Crippen MR) is 113 cm³/mol. The molecule has 0 amide bonds. The van der Waals surface area contributed by atoms with Gasteiger partial charge >= 0.3 is 0 Å². The van der Waals surface area contributed by atoms with Gasteiger partial charge in [-0.2, -0.15) is 0 Å². The minimum Gasteiger partial charge on any atom is -0.309 e. The standard InChI is InChI=1S/C24H19NS/c1-2-8-16(9-3-1)25-19-12-6-4-10-17(19)23-20(25)14-15-22-24(23)18-11-5-7-13-21(18)26-22/h1-4,6,8-10,12,14-15H,5,7,11,13H2. The summed E-state index contributed by atoms with van der Waals surface area (Å²) in [4.78, 5) is 1.62. The molecule has 0 bridgehead atoms. The van der Waals surface area contributed by atoms with E-state index in [4.69, 9.17) is 0 Å². The third kappa shape index (κ3) is 1.91. The van der Waals surface area contributed by atoms with Gasteiger partial charge in [0, 0.05) is 31.4 Å². The zero-order valence-corrected chi connectivity index (χ0v) is 15.4. The number of thiophene rings is 1. The van der Waals surface area contributed by atoms with Crippen LogP contribution in [-0.4, -0.2) is 4.57 Å². The van der Waals surface area contributed by atoms with Crippen LogP contribution >= 0.6 is 11.3 Å². The molecule has 0 unspecified atom stereocenters. The van der Waals surface area contributed by atoms with Gasteiger partial charge in [0.05, 0.1) is 11.0 Å². The van der Waals surface area contributed by atoms with Crippen LogP contribution in [0.15, 0.2) is 66.7 Å². The summed E-state index contributed by atoms with van der Waals surface area (Å²) in [6.07, 6.45) is 5.16. The Bertz CT molecular complexity index is 1270. The van der Waals surface area contributed by atoms with E-state index in [1.165, 1.54) is 63.3 Å². The van der Waals surface area contributed by atoms with Gasteiger partial charge in [-0.05, 0) is 61.6 Å². The number of nitrogens with zero attached hydrogens (tertiary/aromatic N) is 1. The van der Waals surface area contributed by atoms with Gasteiger partial charge in [0.1, 0.15) is 0 Å². The smallest absolute Gasteiger partial charge is 0.0548 e. The lowest BCUT2D eigenvalue weighted by Crippen LogP contribution is -1.98. The summed E-state index contributed by atoms with van der Waals surface area (Å²) in [5.74, 6) is 0. The van der Waals surface area contributed by atoms with Gasteiger partial charge in [-0.3, -0.25) is 0 Å². The van der Waals surface area contributed by atoms with Crippen LogP contribution in [-0.2, 0) is 12.8 Å². The van der Waals surface area contributed by atoms with Gasteiger partial charge in [0.15, 0.2) is 0 Å². The molecular formula is C24H19NS. The Kier molecular flexibility index (Phi) is 3.06. The SMILES string of the molecule is c1ccc(-n2c3ccccc3c3c4c5c(sc4ccc32)CCCC5)cc1. The van der Waals surface area contributed by atoms with Crippen molar-refractivity contribution < 1.29 is 0 Å². The molecule has 1 aliphatic carbocycles. The fourth-order valence-electron chi connectivity index (χ4n) is 4.67. The number of benzene rings is 3. The van der Waals surface area contributed by atoms with Crippen molar-refractivity contribution in [1.29, 1.82) is 0 Å². The molecule has 2 aromatic heterocycles. The van der Waals surface area contributed by atoms with Crippen LogP contribution in [0.2, 0.25) is 0 Å². The van der Waals surface area contributed by atoms with Gasteiger partial charge in [0.25, 0.3) is 0 Å². The number of aromatic nitrogens is 1. The molecule has 0 atom stereocenters. The van der Waals surface area contributed by atoms with E-state index in [1.54, 1.807) is 10.4 Å². The molecule has 0 saturated carbocycles. The van der Waals surface area contributed by atoms with Crippen molar-refractivity contribution in [3.8, 4) is 5.69 Å². The lowest BCUT2D eigenvalue weighted by Gasteiger charge is -2.11. The highest BCUT2D eigenvalue weighted by Crippen LogP contribution is 2.44. The van der Waals surface area contributed by atoms with Crippen molar-refractivity contribution in [2.45, 2.75) is 25.7 Å². The summed E-state index contributed by atoms with van der Waals surface area (Å²) < 4.78 is 3.89.